The van der Waals surface area contributed by atoms with Gasteiger partial charge in [0.1, 0.15) is 0 Å². The van der Waals surface area contributed by atoms with E-state index in [1.165, 1.54) is 4.90 Å². The number of hydrogen-bond acceptors (Lipinski definition) is 2. The second-order valence-electron chi connectivity index (χ2n) is 3.75. The Bertz CT molecular complexity index is 552. The molecule has 0 bridgehead atoms. The van der Waals surface area contributed by atoms with Crippen molar-refractivity contribution in [3.05, 3.63) is 60.2 Å². The summed E-state index contributed by atoms with van der Waals surface area (Å²) in [6, 6.07) is 18.4. The lowest BCUT2D eigenvalue weighted by Crippen LogP contribution is -1.98. The monoisotopic (exact) mass is 253 g/mol. The maximum atomic E-state index is 3.30. The highest BCUT2D eigenvalue weighted by atomic mass is 32.2. The summed E-state index contributed by atoms with van der Waals surface area (Å²) in [7, 11) is 0. The Kier molecular flexibility index (Phi) is 4.75. The molecule has 0 unspecified atom stereocenters. The molecule has 2 aromatic rings. The molecule has 0 atom stereocenters. The first-order valence-electron chi connectivity index (χ1n) is 5.80. The Morgan fingerprint density at radius 2 is 1.89 bits per heavy atom. The second-order valence-corrected chi connectivity index (χ2v) is 4.63. The molecule has 1 nitrogen and oxygen atoms in total. The van der Waals surface area contributed by atoms with E-state index in [9.17, 15) is 0 Å². The Balaban J connectivity index is 1.91. The van der Waals surface area contributed by atoms with Gasteiger partial charge in [-0.25, -0.2) is 0 Å². The van der Waals surface area contributed by atoms with Crippen molar-refractivity contribution in [3.63, 3.8) is 0 Å². The number of rotatable bonds is 3. The average molecular weight is 253 g/mol. The van der Waals surface area contributed by atoms with E-state index in [0.717, 1.165) is 11.3 Å². The van der Waals surface area contributed by atoms with Crippen molar-refractivity contribution in [2.45, 2.75) is 4.90 Å². The van der Waals surface area contributed by atoms with E-state index < -0.39 is 0 Å². The number of anilines is 1. The van der Waals surface area contributed by atoms with Gasteiger partial charge in [-0.1, -0.05) is 36.1 Å². The van der Waals surface area contributed by atoms with Crippen LogP contribution in [-0.4, -0.2) is 12.8 Å². The van der Waals surface area contributed by atoms with E-state index in [1.807, 2.05) is 30.3 Å². The van der Waals surface area contributed by atoms with Crippen LogP contribution >= 0.6 is 11.8 Å². The summed E-state index contributed by atoms with van der Waals surface area (Å²) in [4.78, 5) is 1.26. The van der Waals surface area contributed by atoms with Crippen molar-refractivity contribution in [1.29, 1.82) is 0 Å². The summed E-state index contributed by atoms with van der Waals surface area (Å²) < 4.78 is 0. The molecule has 1 N–H and O–H groups in total. The van der Waals surface area contributed by atoms with Gasteiger partial charge in [-0.15, -0.1) is 11.8 Å². The van der Waals surface area contributed by atoms with Crippen LogP contribution in [0.25, 0.3) is 0 Å². The smallest absolute Gasteiger partial charge is 0.0769 e. The van der Waals surface area contributed by atoms with Crippen molar-refractivity contribution in [1.82, 2.24) is 0 Å². The summed E-state index contributed by atoms with van der Waals surface area (Å²) in [6.45, 7) is 0.659. The third kappa shape index (κ3) is 3.87. The normalized spacial score (nSPS) is 9.39. The first-order valence-corrected chi connectivity index (χ1v) is 7.03. The van der Waals surface area contributed by atoms with E-state index in [0.29, 0.717) is 6.54 Å². The van der Waals surface area contributed by atoms with Crippen LogP contribution in [0.3, 0.4) is 0 Å². The zero-order chi connectivity index (χ0) is 12.6. The fourth-order valence-electron chi connectivity index (χ4n) is 1.55. The van der Waals surface area contributed by atoms with Gasteiger partial charge >= 0.3 is 0 Å². The first-order chi connectivity index (χ1) is 8.88. The van der Waals surface area contributed by atoms with Crippen LogP contribution in [0.1, 0.15) is 5.56 Å². The van der Waals surface area contributed by atoms with Crippen molar-refractivity contribution in [2.24, 2.45) is 0 Å². The van der Waals surface area contributed by atoms with Crippen LogP contribution in [-0.2, 0) is 0 Å². The minimum atomic E-state index is 0.659. The predicted molar refractivity (Wildman–Crippen MR) is 80.0 cm³/mol. The number of thioether (sulfide) groups is 1. The molecule has 0 aliphatic heterocycles. The number of nitrogens with one attached hydrogen (secondary N) is 1. The van der Waals surface area contributed by atoms with E-state index in [1.54, 1.807) is 11.8 Å². The van der Waals surface area contributed by atoms with E-state index in [4.69, 9.17) is 0 Å². The largest absolute Gasteiger partial charge is 0.374 e. The van der Waals surface area contributed by atoms with Crippen molar-refractivity contribution >= 4 is 17.4 Å². The molecule has 0 radical (unpaired) electrons. The highest BCUT2D eigenvalue weighted by Gasteiger charge is 1.92. The zero-order valence-electron chi connectivity index (χ0n) is 10.3. The van der Waals surface area contributed by atoms with Gasteiger partial charge in [0.25, 0.3) is 0 Å². The molecular weight excluding hydrogens is 238 g/mol. The number of benzene rings is 2. The lowest BCUT2D eigenvalue weighted by Gasteiger charge is -2.03. The molecule has 0 heterocycles. The number of hydrogen-bond donors (Lipinski definition) is 1. The summed E-state index contributed by atoms with van der Waals surface area (Å²) in [5.74, 6) is 6.25. The van der Waals surface area contributed by atoms with Crippen molar-refractivity contribution in [2.75, 3.05) is 18.1 Å². The lowest BCUT2D eigenvalue weighted by molar-refractivity contribution is 1.34. The fourth-order valence-corrected chi connectivity index (χ4v) is 2.01. The molecule has 2 aromatic carbocycles. The molecule has 0 aliphatic rings. The van der Waals surface area contributed by atoms with Crippen LogP contribution in [0.2, 0.25) is 0 Å². The molecule has 0 aliphatic carbocycles. The molecule has 0 amide bonds. The minimum Gasteiger partial charge on any atom is -0.374 e. The summed E-state index contributed by atoms with van der Waals surface area (Å²) in [5, 5.41) is 3.30. The third-order valence-corrected chi connectivity index (χ3v) is 3.18. The average Bonchev–Trinajstić information content (AvgIpc) is 2.45. The second kappa shape index (κ2) is 6.78. The summed E-state index contributed by atoms with van der Waals surface area (Å²) in [6.07, 6.45) is 2.08. The van der Waals surface area contributed by atoms with Gasteiger partial charge < -0.3 is 5.32 Å². The standard InChI is InChI=1S/C16H15NS/c1-18-16-11-5-10-15(13-16)17-12-6-9-14-7-3-2-4-8-14/h2-5,7-8,10-11,13,17H,12H2,1H3. The quantitative estimate of drug-likeness (QED) is 0.658. The van der Waals surface area contributed by atoms with Crippen LogP contribution in [0, 0.1) is 11.8 Å². The van der Waals surface area contributed by atoms with Gasteiger partial charge in [-0.2, -0.15) is 0 Å². The highest BCUT2D eigenvalue weighted by Crippen LogP contribution is 2.18. The highest BCUT2D eigenvalue weighted by molar-refractivity contribution is 7.98. The minimum absolute atomic E-state index is 0.659. The van der Waals surface area contributed by atoms with Gasteiger partial charge in [0.15, 0.2) is 0 Å². The van der Waals surface area contributed by atoms with Gasteiger partial charge in [0, 0.05) is 16.1 Å². The third-order valence-electron chi connectivity index (χ3n) is 2.46. The Labute approximate surface area is 113 Å². The molecule has 0 saturated carbocycles. The van der Waals surface area contributed by atoms with Crippen LogP contribution in [0.15, 0.2) is 59.5 Å². The lowest BCUT2D eigenvalue weighted by atomic mass is 10.2. The zero-order valence-corrected chi connectivity index (χ0v) is 11.1. The molecule has 2 rings (SSSR count). The maximum absolute atomic E-state index is 3.30. The van der Waals surface area contributed by atoms with Crippen molar-refractivity contribution in [3.8, 4) is 11.8 Å². The molecule has 2 heteroatoms. The Morgan fingerprint density at radius 1 is 1.06 bits per heavy atom. The van der Waals surface area contributed by atoms with Crippen molar-refractivity contribution < 1.29 is 0 Å². The predicted octanol–water partition coefficient (Wildman–Crippen LogP) is 3.87. The van der Waals surface area contributed by atoms with Gasteiger partial charge in [-0.3, -0.25) is 0 Å². The Hall–Kier alpha value is -1.85. The van der Waals surface area contributed by atoms with Gasteiger partial charge in [0.2, 0.25) is 0 Å². The molecule has 0 spiro atoms. The maximum Gasteiger partial charge on any atom is 0.0769 e. The van der Waals surface area contributed by atoms with Gasteiger partial charge in [0.05, 0.1) is 6.54 Å². The molecule has 0 saturated heterocycles. The summed E-state index contributed by atoms with van der Waals surface area (Å²) >= 11 is 1.74. The first kappa shape index (κ1) is 12.6. The topological polar surface area (TPSA) is 12.0 Å². The SMILES string of the molecule is CSc1cccc(NCC#Cc2ccccc2)c1. The molecule has 90 valence electrons. The van der Waals surface area contributed by atoms with Gasteiger partial charge in [-0.05, 0) is 36.6 Å². The summed E-state index contributed by atoms with van der Waals surface area (Å²) in [5.41, 5.74) is 2.17. The van der Waals surface area contributed by atoms with E-state index in [2.05, 4.69) is 47.7 Å². The molecule has 0 aromatic heterocycles. The van der Waals surface area contributed by atoms with Crippen LogP contribution < -0.4 is 5.32 Å². The molecule has 18 heavy (non-hydrogen) atoms. The van der Waals surface area contributed by atoms with E-state index in [-0.39, 0.29) is 0 Å². The fraction of sp³-hybridized carbons (Fsp3) is 0.125. The van der Waals surface area contributed by atoms with Crippen LogP contribution in [0.4, 0.5) is 5.69 Å². The van der Waals surface area contributed by atoms with Crippen LogP contribution in [0.5, 0.6) is 0 Å². The Morgan fingerprint density at radius 3 is 2.67 bits per heavy atom. The molecule has 0 fully saturated rings. The molecular formula is C16H15NS. The van der Waals surface area contributed by atoms with E-state index >= 15 is 0 Å².